The number of halogens is 1. The number of rotatable bonds is 0. The molecule has 1 aromatic carbocycles. The van der Waals surface area contributed by atoms with Gasteiger partial charge in [0.1, 0.15) is 0 Å². The summed E-state index contributed by atoms with van der Waals surface area (Å²) in [5.74, 6) is 0.308. The van der Waals surface area contributed by atoms with Crippen LogP contribution in [0.4, 0.5) is 0 Å². The maximum Gasteiger partial charge on any atom is 0.223 e. The number of benzene rings is 1. The molecule has 0 aliphatic carbocycles. The van der Waals surface area contributed by atoms with Crippen molar-refractivity contribution in [2.45, 2.75) is 38.1 Å². The van der Waals surface area contributed by atoms with Gasteiger partial charge in [0.05, 0.1) is 6.04 Å². The molecule has 2 aliphatic rings. The third kappa shape index (κ3) is 1.95. The second-order valence-electron chi connectivity index (χ2n) is 4.94. The number of carbonyl (C=O) groups is 1. The highest BCUT2D eigenvalue weighted by Crippen LogP contribution is 2.37. The lowest BCUT2D eigenvalue weighted by Gasteiger charge is -2.29. The molecule has 0 saturated carbocycles. The van der Waals surface area contributed by atoms with E-state index >= 15 is 0 Å². The summed E-state index contributed by atoms with van der Waals surface area (Å²) in [5, 5.41) is 0.781. The molecular weight excluding hydrogens is 234 g/mol. The van der Waals surface area contributed by atoms with Crippen molar-refractivity contribution in [3.63, 3.8) is 0 Å². The minimum absolute atomic E-state index is 0.275. The molecule has 3 heteroatoms. The summed E-state index contributed by atoms with van der Waals surface area (Å²) in [5.41, 5.74) is 2.65. The third-order valence-corrected chi connectivity index (χ3v) is 4.13. The summed E-state index contributed by atoms with van der Waals surface area (Å²) in [4.78, 5) is 13.9. The molecule has 0 N–H and O–H groups in total. The van der Waals surface area contributed by atoms with Gasteiger partial charge in [0.2, 0.25) is 5.91 Å². The van der Waals surface area contributed by atoms with Gasteiger partial charge in [0, 0.05) is 18.0 Å². The molecule has 1 unspecified atom stereocenters. The van der Waals surface area contributed by atoms with Crippen LogP contribution in [0.2, 0.25) is 5.02 Å². The van der Waals surface area contributed by atoms with Gasteiger partial charge in [0.25, 0.3) is 0 Å². The lowest BCUT2D eigenvalue weighted by molar-refractivity contribution is -0.129. The van der Waals surface area contributed by atoms with Gasteiger partial charge in [-0.05, 0) is 48.9 Å². The molecule has 0 spiro atoms. The number of amides is 1. The summed E-state index contributed by atoms with van der Waals surface area (Å²) in [7, 11) is 0. The van der Waals surface area contributed by atoms with Crippen molar-refractivity contribution < 1.29 is 4.79 Å². The Bertz CT molecular complexity index is 458. The smallest absolute Gasteiger partial charge is 0.223 e. The minimum Gasteiger partial charge on any atom is -0.336 e. The Kier molecular flexibility index (Phi) is 2.83. The van der Waals surface area contributed by atoms with Crippen molar-refractivity contribution in [3.8, 4) is 0 Å². The number of aryl methyl sites for hydroxylation is 1. The Balaban J connectivity index is 2.06. The number of hydrogen-bond acceptors (Lipinski definition) is 1. The fourth-order valence-corrected chi connectivity index (χ4v) is 3.22. The molecule has 1 atom stereocenters. The van der Waals surface area contributed by atoms with Crippen molar-refractivity contribution in [1.82, 2.24) is 4.90 Å². The monoisotopic (exact) mass is 249 g/mol. The highest BCUT2D eigenvalue weighted by atomic mass is 35.5. The molecule has 1 saturated heterocycles. The predicted molar refractivity (Wildman–Crippen MR) is 68.1 cm³/mol. The Labute approximate surface area is 107 Å². The largest absolute Gasteiger partial charge is 0.336 e. The van der Waals surface area contributed by atoms with Crippen molar-refractivity contribution in [1.29, 1.82) is 0 Å². The van der Waals surface area contributed by atoms with Crippen molar-refractivity contribution in [2.24, 2.45) is 0 Å². The molecule has 3 rings (SSSR count). The van der Waals surface area contributed by atoms with Crippen LogP contribution in [0.5, 0.6) is 0 Å². The average molecular weight is 250 g/mol. The van der Waals surface area contributed by atoms with Crippen LogP contribution in [0.15, 0.2) is 18.2 Å². The molecule has 1 amide bonds. The first kappa shape index (κ1) is 11.1. The Morgan fingerprint density at radius 3 is 3.00 bits per heavy atom. The van der Waals surface area contributed by atoms with Gasteiger partial charge >= 0.3 is 0 Å². The van der Waals surface area contributed by atoms with Crippen molar-refractivity contribution >= 4 is 17.5 Å². The zero-order chi connectivity index (χ0) is 11.8. The van der Waals surface area contributed by atoms with E-state index in [-0.39, 0.29) is 6.04 Å². The summed E-state index contributed by atoms with van der Waals surface area (Å²) in [6.45, 7) is 0.912. The van der Waals surface area contributed by atoms with Crippen LogP contribution < -0.4 is 0 Å². The Hall–Kier alpha value is -1.02. The van der Waals surface area contributed by atoms with E-state index in [2.05, 4.69) is 12.1 Å². The van der Waals surface area contributed by atoms with E-state index in [0.29, 0.717) is 12.3 Å². The lowest BCUT2D eigenvalue weighted by Crippen LogP contribution is -2.30. The molecule has 2 heterocycles. The number of fused-ring (bicyclic) bond motifs is 3. The minimum atomic E-state index is 0.275. The second-order valence-corrected chi connectivity index (χ2v) is 5.38. The van der Waals surface area contributed by atoms with Gasteiger partial charge in [-0.1, -0.05) is 17.7 Å². The predicted octanol–water partition coefficient (Wildman–Crippen LogP) is 3.34. The molecule has 2 nitrogen and oxygen atoms in total. The first-order valence-corrected chi connectivity index (χ1v) is 6.71. The molecule has 17 heavy (non-hydrogen) atoms. The normalized spacial score (nSPS) is 23.9. The topological polar surface area (TPSA) is 20.3 Å². The standard InChI is InChI=1S/C14H16ClNO/c15-11-5-4-10-3-1-2-8-16-13(12(10)9-11)6-7-14(16)17/h4-5,9,13H,1-3,6-8H2. The van der Waals surface area contributed by atoms with Gasteiger partial charge in [0.15, 0.2) is 0 Å². The third-order valence-electron chi connectivity index (χ3n) is 3.89. The first-order valence-electron chi connectivity index (χ1n) is 6.33. The van der Waals surface area contributed by atoms with E-state index in [1.165, 1.54) is 11.1 Å². The molecule has 90 valence electrons. The zero-order valence-electron chi connectivity index (χ0n) is 9.79. The maximum absolute atomic E-state index is 11.9. The van der Waals surface area contributed by atoms with Crippen LogP contribution in [0.1, 0.15) is 42.9 Å². The average Bonchev–Trinajstić information content (AvgIpc) is 2.64. The molecule has 1 aromatic rings. The Morgan fingerprint density at radius 1 is 1.24 bits per heavy atom. The van der Waals surface area contributed by atoms with E-state index in [1.54, 1.807) is 0 Å². The quantitative estimate of drug-likeness (QED) is 0.691. The summed E-state index contributed by atoms with van der Waals surface area (Å²) < 4.78 is 0. The highest BCUT2D eigenvalue weighted by Gasteiger charge is 2.33. The van der Waals surface area contributed by atoms with Crippen LogP contribution >= 0.6 is 11.6 Å². The summed E-state index contributed by atoms with van der Waals surface area (Å²) in [6.07, 6.45) is 5.03. The van der Waals surface area contributed by atoms with Crippen LogP contribution in [0, 0.1) is 0 Å². The van der Waals surface area contributed by atoms with E-state index in [1.807, 2.05) is 11.0 Å². The van der Waals surface area contributed by atoms with Gasteiger partial charge in [-0.25, -0.2) is 0 Å². The van der Waals surface area contributed by atoms with Crippen LogP contribution in [-0.2, 0) is 11.2 Å². The van der Waals surface area contributed by atoms with Gasteiger partial charge < -0.3 is 4.90 Å². The number of carbonyl (C=O) groups excluding carboxylic acids is 1. The first-order chi connectivity index (χ1) is 8.25. The summed E-state index contributed by atoms with van der Waals surface area (Å²) >= 11 is 6.09. The molecule has 0 radical (unpaired) electrons. The van der Waals surface area contributed by atoms with Crippen molar-refractivity contribution in [3.05, 3.63) is 34.3 Å². The molecule has 1 fully saturated rings. The van der Waals surface area contributed by atoms with E-state index < -0.39 is 0 Å². The fraction of sp³-hybridized carbons (Fsp3) is 0.500. The lowest BCUT2D eigenvalue weighted by atomic mass is 9.93. The zero-order valence-corrected chi connectivity index (χ0v) is 10.5. The van der Waals surface area contributed by atoms with Crippen LogP contribution in [0.25, 0.3) is 0 Å². The second kappa shape index (κ2) is 4.34. The van der Waals surface area contributed by atoms with Gasteiger partial charge in [-0.3, -0.25) is 4.79 Å². The number of nitrogens with zero attached hydrogens (tertiary/aromatic N) is 1. The van der Waals surface area contributed by atoms with Crippen molar-refractivity contribution in [2.75, 3.05) is 6.54 Å². The van der Waals surface area contributed by atoms with Crippen LogP contribution in [0.3, 0.4) is 0 Å². The molecule has 2 aliphatic heterocycles. The number of hydrogen-bond donors (Lipinski definition) is 0. The molecular formula is C14H16ClNO. The van der Waals surface area contributed by atoms with E-state index in [9.17, 15) is 4.79 Å². The SMILES string of the molecule is O=C1CCC2c3cc(Cl)ccc3CCCCN12. The van der Waals surface area contributed by atoms with Crippen LogP contribution in [-0.4, -0.2) is 17.4 Å². The van der Waals surface area contributed by atoms with E-state index in [4.69, 9.17) is 11.6 Å². The summed E-state index contributed by atoms with van der Waals surface area (Å²) in [6, 6.07) is 6.42. The fourth-order valence-electron chi connectivity index (χ4n) is 3.04. The molecule has 0 bridgehead atoms. The van der Waals surface area contributed by atoms with Gasteiger partial charge in [-0.2, -0.15) is 0 Å². The van der Waals surface area contributed by atoms with Gasteiger partial charge in [-0.15, -0.1) is 0 Å². The van der Waals surface area contributed by atoms with E-state index in [0.717, 1.165) is 37.3 Å². The Morgan fingerprint density at radius 2 is 2.12 bits per heavy atom. The highest BCUT2D eigenvalue weighted by molar-refractivity contribution is 6.30. The maximum atomic E-state index is 11.9. The molecule has 0 aromatic heterocycles.